The number of nitrogens with one attached hydrogen (secondary N) is 2. The average Bonchev–Trinajstić information content (AvgIpc) is 2.52. The molecule has 0 atom stereocenters. The van der Waals surface area contributed by atoms with Crippen LogP contribution in [0.25, 0.3) is 0 Å². The molecule has 130 valence electrons. The number of hydrogen-bond acceptors (Lipinski definition) is 5. The van der Waals surface area contributed by atoms with E-state index in [9.17, 15) is 20.0 Å². The lowest BCUT2D eigenvalue weighted by Crippen LogP contribution is -2.34. The van der Waals surface area contributed by atoms with Crippen LogP contribution in [0.5, 0.6) is 5.75 Å². The number of halogens is 2. The summed E-state index contributed by atoms with van der Waals surface area (Å²) in [6.07, 6.45) is 0. The maximum atomic E-state index is 12.3. The van der Waals surface area contributed by atoms with Crippen molar-refractivity contribution in [3.8, 4) is 5.75 Å². The van der Waals surface area contributed by atoms with Gasteiger partial charge in [0.1, 0.15) is 5.75 Å². The maximum Gasteiger partial charge on any atom is 0.273 e. The molecular weight excluding hydrogens is 478 g/mol. The molecule has 0 unspecified atom stereocenters. The van der Waals surface area contributed by atoms with Gasteiger partial charge in [-0.1, -0.05) is 6.07 Å². The minimum absolute atomic E-state index is 0.0143. The number of amides is 1. The van der Waals surface area contributed by atoms with Crippen LogP contribution in [-0.4, -0.2) is 21.0 Å². The van der Waals surface area contributed by atoms with Crippen LogP contribution >= 0.6 is 44.1 Å². The van der Waals surface area contributed by atoms with E-state index in [4.69, 9.17) is 12.2 Å². The number of nitrogens with zero attached hydrogens (tertiary/aromatic N) is 1. The van der Waals surface area contributed by atoms with Crippen LogP contribution in [0.3, 0.4) is 0 Å². The minimum atomic E-state index is -0.560. The van der Waals surface area contributed by atoms with Crippen LogP contribution in [-0.2, 0) is 0 Å². The highest BCUT2D eigenvalue weighted by Crippen LogP contribution is 2.35. The topological polar surface area (TPSA) is 104 Å². The van der Waals surface area contributed by atoms with Gasteiger partial charge in [-0.05, 0) is 69.2 Å². The predicted molar refractivity (Wildman–Crippen MR) is 105 cm³/mol. The van der Waals surface area contributed by atoms with E-state index in [0.717, 1.165) is 0 Å². The number of carbonyl (C=O) groups is 1. The summed E-state index contributed by atoms with van der Waals surface area (Å²) in [6.45, 7) is 1.50. The number of hydrogen-bond donors (Lipinski definition) is 3. The Labute approximate surface area is 164 Å². The van der Waals surface area contributed by atoms with Gasteiger partial charge in [0, 0.05) is 22.9 Å². The highest BCUT2D eigenvalue weighted by atomic mass is 79.9. The van der Waals surface area contributed by atoms with E-state index in [1.165, 1.54) is 25.1 Å². The largest absolute Gasteiger partial charge is 0.506 e. The number of rotatable bonds is 3. The van der Waals surface area contributed by atoms with Crippen molar-refractivity contribution in [1.29, 1.82) is 0 Å². The first-order valence-electron chi connectivity index (χ1n) is 6.75. The molecule has 0 fully saturated rings. The van der Waals surface area contributed by atoms with E-state index < -0.39 is 10.8 Å². The first kappa shape index (κ1) is 19.3. The third-order valence-corrected chi connectivity index (χ3v) is 4.66. The van der Waals surface area contributed by atoms with Gasteiger partial charge in [0.2, 0.25) is 0 Å². The predicted octanol–water partition coefficient (Wildman–Crippen LogP) is 4.26. The van der Waals surface area contributed by atoms with Gasteiger partial charge in [-0.2, -0.15) is 0 Å². The zero-order valence-corrected chi connectivity index (χ0v) is 16.7. The number of aromatic hydroxyl groups is 1. The Kier molecular flexibility index (Phi) is 6.09. The zero-order valence-electron chi connectivity index (χ0n) is 12.7. The van der Waals surface area contributed by atoms with Gasteiger partial charge in [0.05, 0.1) is 13.9 Å². The molecule has 3 N–H and O–H groups in total. The maximum absolute atomic E-state index is 12.3. The first-order chi connectivity index (χ1) is 11.7. The summed E-state index contributed by atoms with van der Waals surface area (Å²) in [4.78, 5) is 22.7. The van der Waals surface area contributed by atoms with Crippen LogP contribution in [0.1, 0.15) is 15.9 Å². The van der Waals surface area contributed by atoms with Crippen molar-refractivity contribution in [1.82, 2.24) is 5.32 Å². The second-order valence-corrected chi connectivity index (χ2v) is 7.02. The lowest BCUT2D eigenvalue weighted by atomic mass is 10.1. The number of nitro benzene ring substituents is 1. The van der Waals surface area contributed by atoms with Crippen molar-refractivity contribution in [3.05, 3.63) is 60.5 Å². The number of phenolic OH excluding ortho intramolecular Hbond substituents is 1. The number of phenols is 1. The van der Waals surface area contributed by atoms with Gasteiger partial charge in [-0.15, -0.1) is 0 Å². The van der Waals surface area contributed by atoms with E-state index in [1.807, 2.05) is 0 Å². The number of anilines is 1. The molecular formula is C15H11Br2N3O4S. The van der Waals surface area contributed by atoms with E-state index in [0.29, 0.717) is 14.6 Å². The normalized spacial score (nSPS) is 10.2. The first-order valence-corrected chi connectivity index (χ1v) is 8.74. The zero-order chi connectivity index (χ0) is 18.7. The number of carbonyl (C=O) groups excluding carboxylic acids is 1. The van der Waals surface area contributed by atoms with Crippen molar-refractivity contribution >= 4 is 66.5 Å². The molecule has 0 aliphatic carbocycles. The lowest BCUT2D eigenvalue weighted by molar-refractivity contribution is -0.385. The third kappa shape index (κ3) is 4.53. The molecule has 1 amide bonds. The van der Waals surface area contributed by atoms with Crippen LogP contribution in [0.15, 0.2) is 39.3 Å². The molecule has 0 saturated heterocycles. The van der Waals surface area contributed by atoms with Crippen LogP contribution < -0.4 is 10.6 Å². The average molecular weight is 489 g/mol. The van der Waals surface area contributed by atoms with Gasteiger partial charge < -0.3 is 10.4 Å². The monoisotopic (exact) mass is 487 g/mol. The highest BCUT2D eigenvalue weighted by Gasteiger charge is 2.18. The van der Waals surface area contributed by atoms with Crippen molar-refractivity contribution < 1.29 is 14.8 Å². The standard InChI is InChI=1S/C15H11Br2N3O4S/c1-7-9(3-2-4-12(7)20(23)24)14(22)19-15(25)18-8-5-10(16)13(21)11(17)6-8/h2-6,21H,1H3,(H2,18,19,22,25). The number of thiocarbonyl (C=S) groups is 1. The van der Waals surface area contributed by atoms with Crippen molar-refractivity contribution in [2.75, 3.05) is 5.32 Å². The summed E-state index contributed by atoms with van der Waals surface area (Å²) in [7, 11) is 0. The third-order valence-electron chi connectivity index (χ3n) is 3.25. The van der Waals surface area contributed by atoms with E-state index in [1.54, 1.807) is 12.1 Å². The molecule has 0 aromatic heterocycles. The molecule has 2 aromatic carbocycles. The molecule has 10 heteroatoms. The molecule has 0 aliphatic rings. The molecule has 7 nitrogen and oxygen atoms in total. The van der Waals surface area contributed by atoms with Crippen molar-refractivity contribution in [3.63, 3.8) is 0 Å². The minimum Gasteiger partial charge on any atom is -0.506 e. The fourth-order valence-electron chi connectivity index (χ4n) is 2.04. The van der Waals surface area contributed by atoms with Gasteiger partial charge in [-0.25, -0.2) is 0 Å². The van der Waals surface area contributed by atoms with Crippen molar-refractivity contribution in [2.24, 2.45) is 0 Å². The molecule has 2 rings (SSSR count). The Hall–Kier alpha value is -2.04. The number of benzene rings is 2. The van der Waals surface area contributed by atoms with Crippen LogP contribution in [0.2, 0.25) is 0 Å². The van der Waals surface area contributed by atoms with Gasteiger partial charge >= 0.3 is 0 Å². The van der Waals surface area contributed by atoms with Crippen LogP contribution in [0, 0.1) is 17.0 Å². The van der Waals surface area contributed by atoms with Gasteiger partial charge in [0.25, 0.3) is 11.6 Å². The quantitative estimate of drug-likeness (QED) is 0.258. The molecule has 0 saturated carbocycles. The smallest absolute Gasteiger partial charge is 0.273 e. The molecule has 2 aromatic rings. The molecule has 0 spiro atoms. The van der Waals surface area contributed by atoms with E-state index in [2.05, 4.69) is 42.5 Å². The molecule has 0 aliphatic heterocycles. The highest BCUT2D eigenvalue weighted by molar-refractivity contribution is 9.11. The number of nitro groups is 1. The summed E-state index contributed by atoms with van der Waals surface area (Å²) in [5.41, 5.74) is 0.796. The van der Waals surface area contributed by atoms with Gasteiger partial charge in [0.15, 0.2) is 5.11 Å². The molecule has 0 radical (unpaired) electrons. The fraction of sp³-hybridized carbons (Fsp3) is 0.0667. The van der Waals surface area contributed by atoms with Crippen LogP contribution in [0.4, 0.5) is 11.4 Å². The Bertz CT molecular complexity index is 866. The summed E-state index contributed by atoms with van der Waals surface area (Å²) in [5.74, 6) is -0.525. The van der Waals surface area contributed by atoms with E-state index >= 15 is 0 Å². The Morgan fingerprint density at radius 2 is 1.88 bits per heavy atom. The second kappa shape index (κ2) is 7.89. The molecule has 0 heterocycles. The summed E-state index contributed by atoms with van der Waals surface area (Å²) in [6, 6.07) is 7.40. The summed E-state index contributed by atoms with van der Waals surface area (Å²) < 4.78 is 0.876. The SMILES string of the molecule is Cc1c(C(=O)NC(=S)Nc2cc(Br)c(O)c(Br)c2)cccc1[N+](=O)[O-]. The second-order valence-electron chi connectivity index (χ2n) is 4.90. The van der Waals surface area contributed by atoms with Gasteiger partial charge in [-0.3, -0.25) is 20.2 Å². The summed E-state index contributed by atoms with van der Waals surface area (Å²) in [5, 5.41) is 25.9. The summed E-state index contributed by atoms with van der Waals surface area (Å²) >= 11 is 11.5. The Morgan fingerprint density at radius 1 is 1.28 bits per heavy atom. The Balaban J connectivity index is 2.15. The van der Waals surface area contributed by atoms with E-state index in [-0.39, 0.29) is 27.7 Å². The Morgan fingerprint density at radius 3 is 2.44 bits per heavy atom. The lowest BCUT2D eigenvalue weighted by Gasteiger charge is -2.12. The van der Waals surface area contributed by atoms with Crippen molar-refractivity contribution in [2.45, 2.75) is 6.92 Å². The molecule has 25 heavy (non-hydrogen) atoms. The fourth-order valence-corrected chi connectivity index (χ4v) is 3.43. The molecule has 0 bridgehead atoms.